The SMILES string of the molecule is ONC1CCc2ccccc21. The first kappa shape index (κ1) is 6.83. The van der Waals surface area contributed by atoms with E-state index in [1.165, 1.54) is 11.1 Å². The minimum atomic E-state index is 0.159. The Hall–Kier alpha value is -0.860. The van der Waals surface area contributed by atoms with E-state index in [4.69, 9.17) is 5.21 Å². The molecule has 2 heteroatoms. The molecule has 1 unspecified atom stereocenters. The lowest BCUT2D eigenvalue weighted by Gasteiger charge is -2.06. The molecule has 58 valence electrons. The highest BCUT2D eigenvalue weighted by atomic mass is 16.5. The molecular weight excluding hydrogens is 138 g/mol. The summed E-state index contributed by atoms with van der Waals surface area (Å²) >= 11 is 0. The number of benzene rings is 1. The smallest absolute Gasteiger partial charge is 0.0574 e. The van der Waals surface area contributed by atoms with E-state index in [2.05, 4.69) is 17.6 Å². The fourth-order valence-electron chi connectivity index (χ4n) is 1.69. The van der Waals surface area contributed by atoms with E-state index in [0.717, 1.165) is 12.8 Å². The molecule has 0 fully saturated rings. The highest BCUT2D eigenvalue weighted by Gasteiger charge is 2.20. The largest absolute Gasteiger partial charge is 0.316 e. The van der Waals surface area contributed by atoms with Gasteiger partial charge >= 0.3 is 0 Å². The van der Waals surface area contributed by atoms with Gasteiger partial charge in [-0.1, -0.05) is 24.3 Å². The van der Waals surface area contributed by atoms with E-state index < -0.39 is 0 Å². The summed E-state index contributed by atoms with van der Waals surface area (Å²) in [5, 5.41) is 8.76. The summed E-state index contributed by atoms with van der Waals surface area (Å²) in [6.45, 7) is 0. The van der Waals surface area contributed by atoms with Crippen molar-refractivity contribution in [2.24, 2.45) is 0 Å². The second kappa shape index (κ2) is 2.64. The zero-order chi connectivity index (χ0) is 7.68. The minimum absolute atomic E-state index is 0.159. The summed E-state index contributed by atoms with van der Waals surface area (Å²) in [7, 11) is 0. The topological polar surface area (TPSA) is 32.3 Å². The van der Waals surface area contributed by atoms with Gasteiger partial charge in [0.15, 0.2) is 0 Å². The lowest BCUT2D eigenvalue weighted by molar-refractivity contribution is 0.126. The van der Waals surface area contributed by atoms with Gasteiger partial charge in [0.05, 0.1) is 6.04 Å². The first-order chi connectivity index (χ1) is 5.42. The molecule has 1 aromatic rings. The van der Waals surface area contributed by atoms with Crippen LogP contribution in [-0.4, -0.2) is 5.21 Å². The Morgan fingerprint density at radius 2 is 2.18 bits per heavy atom. The van der Waals surface area contributed by atoms with Gasteiger partial charge in [0.25, 0.3) is 0 Å². The van der Waals surface area contributed by atoms with Crippen LogP contribution in [0.4, 0.5) is 0 Å². The zero-order valence-corrected chi connectivity index (χ0v) is 6.25. The molecular formula is C9H11NO. The maximum atomic E-state index is 8.76. The molecule has 0 aromatic heterocycles. The Labute approximate surface area is 65.8 Å². The van der Waals surface area contributed by atoms with Gasteiger partial charge in [-0.15, -0.1) is 0 Å². The highest BCUT2D eigenvalue weighted by Crippen LogP contribution is 2.29. The molecule has 2 nitrogen and oxygen atoms in total. The zero-order valence-electron chi connectivity index (χ0n) is 6.25. The van der Waals surface area contributed by atoms with Crippen molar-refractivity contribution in [2.75, 3.05) is 0 Å². The third-order valence-corrected chi connectivity index (χ3v) is 2.29. The maximum absolute atomic E-state index is 8.76. The van der Waals surface area contributed by atoms with Crippen molar-refractivity contribution in [3.8, 4) is 0 Å². The molecule has 1 aliphatic carbocycles. The number of aryl methyl sites for hydroxylation is 1. The summed E-state index contributed by atoms with van der Waals surface area (Å²) in [6, 6.07) is 8.39. The number of hydrogen-bond donors (Lipinski definition) is 2. The second-order valence-corrected chi connectivity index (χ2v) is 2.92. The highest BCUT2D eigenvalue weighted by molar-refractivity contribution is 5.33. The Bertz CT molecular complexity index is 259. The Morgan fingerprint density at radius 3 is 3.00 bits per heavy atom. The van der Waals surface area contributed by atoms with Crippen LogP contribution in [0.25, 0.3) is 0 Å². The number of rotatable bonds is 1. The van der Waals surface area contributed by atoms with Crippen LogP contribution in [0.2, 0.25) is 0 Å². The number of fused-ring (bicyclic) bond motifs is 1. The molecule has 2 N–H and O–H groups in total. The van der Waals surface area contributed by atoms with E-state index in [9.17, 15) is 0 Å². The monoisotopic (exact) mass is 149 g/mol. The Balaban J connectivity index is 2.39. The molecule has 0 saturated carbocycles. The third-order valence-electron chi connectivity index (χ3n) is 2.29. The standard InChI is InChI=1S/C9H11NO/c11-10-9-6-5-7-3-1-2-4-8(7)9/h1-4,9-11H,5-6H2. The lowest BCUT2D eigenvalue weighted by Crippen LogP contribution is -2.13. The average molecular weight is 149 g/mol. The van der Waals surface area contributed by atoms with Crippen LogP contribution < -0.4 is 5.48 Å². The van der Waals surface area contributed by atoms with Crippen LogP contribution in [0.3, 0.4) is 0 Å². The van der Waals surface area contributed by atoms with Crippen LogP contribution in [-0.2, 0) is 6.42 Å². The van der Waals surface area contributed by atoms with Crippen LogP contribution in [0.15, 0.2) is 24.3 Å². The molecule has 0 radical (unpaired) electrons. The van der Waals surface area contributed by atoms with Crippen molar-refractivity contribution < 1.29 is 5.21 Å². The number of hydroxylamine groups is 1. The first-order valence-corrected chi connectivity index (χ1v) is 3.89. The molecule has 11 heavy (non-hydrogen) atoms. The molecule has 1 aromatic carbocycles. The van der Waals surface area contributed by atoms with Crippen molar-refractivity contribution in [3.05, 3.63) is 35.4 Å². The average Bonchev–Trinajstić information content (AvgIpc) is 2.47. The van der Waals surface area contributed by atoms with Crippen molar-refractivity contribution in [1.29, 1.82) is 0 Å². The van der Waals surface area contributed by atoms with E-state index in [1.54, 1.807) is 0 Å². The van der Waals surface area contributed by atoms with Gasteiger partial charge in [-0.05, 0) is 24.0 Å². The van der Waals surface area contributed by atoms with Gasteiger partial charge < -0.3 is 5.21 Å². The van der Waals surface area contributed by atoms with E-state index in [0.29, 0.717) is 0 Å². The fourth-order valence-corrected chi connectivity index (χ4v) is 1.69. The Kier molecular flexibility index (Phi) is 1.64. The quantitative estimate of drug-likeness (QED) is 0.595. The predicted molar refractivity (Wildman–Crippen MR) is 42.4 cm³/mol. The minimum Gasteiger partial charge on any atom is -0.316 e. The van der Waals surface area contributed by atoms with Crippen molar-refractivity contribution >= 4 is 0 Å². The first-order valence-electron chi connectivity index (χ1n) is 3.89. The van der Waals surface area contributed by atoms with Crippen molar-refractivity contribution in [1.82, 2.24) is 5.48 Å². The van der Waals surface area contributed by atoms with E-state index in [-0.39, 0.29) is 6.04 Å². The number of nitrogens with one attached hydrogen (secondary N) is 1. The second-order valence-electron chi connectivity index (χ2n) is 2.92. The molecule has 0 spiro atoms. The van der Waals surface area contributed by atoms with Gasteiger partial charge in [-0.2, -0.15) is 5.48 Å². The van der Waals surface area contributed by atoms with Gasteiger partial charge in [-0.3, -0.25) is 0 Å². The van der Waals surface area contributed by atoms with E-state index in [1.807, 2.05) is 12.1 Å². The molecule has 1 aliphatic rings. The van der Waals surface area contributed by atoms with Gasteiger partial charge in [0.1, 0.15) is 0 Å². The van der Waals surface area contributed by atoms with Crippen LogP contribution in [0.5, 0.6) is 0 Å². The van der Waals surface area contributed by atoms with Gasteiger partial charge in [0, 0.05) is 0 Å². The molecule has 0 bridgehead atoms. The fraction of sp³-hybridized carbons (Fsp3) is 0.333. The number of hydrogen-bond acceptors (Lipinski definition) is 2. The molecule has 0 amide bonds. The maximum Gasteiger partial charge on any atom is 0.0574 e. The van der Waals surface area contributed by atoms with Gasteiger partial charge in [-0.25, -0.2) is 0 Å². The summed E-state index contributed by atoms with van der Waals surface area (Å²) < 4.78 is 0. The lowest BCUT2D eigenvalue weighted by atomic mass is 10.1. The van der Waals surface area contributed by atoms with Crippen molar-refractivity contribution in [2.45, 2.75) is 18.9 Å². The summed E-state index contributed by atoms with van der Waals surface area (Å²) in [5.74, 6) is 0. The molecule has 0 heterocycles. The molecule has 0 aliphatic heterocycles. The summed E-state index contributed by atoms with van der Waals surface area (Å²) in [4.78, 5) is 0. The van der Waals surface area contributed by atoms with Crippen LogP contribution in [0, 0.1) is 0 Å². The predicted octanol–water partition coefficient (Wildman–Crippen LogP) is 1.65. The molecule has 2 rings (SSSR count). The van der Waals surface area contributed by atoms with Crippen LogP contribution >= 0.6 is 0 Å². The third kappa shape index (κ3) is 1.04. The van der Waals surface area contributed by atoms with Crippen molar-refractivity contribution in [3.63, 3.8) is 0 Å². The normalized spacial score (nSPS) is 21.7. The molecule has 1 atom stereocenters. The van der Waals surface area contributed by atoms with E-state index >= 15 is 0 Å². The van der Waals surface area contributed by atoms with Crippen LogP contribution in [0.1, 0.15) is 23.6 Å². The summed E-state index contributed by atoms with van der Waals surface area (Å²) in [5.41, 5.74) is 4.93. The van der Waals surface area contributed by atoms with Gasteiger partial charge in [0.2, 0.25) is 0 Å². The Morgan fingerprint density at radius 1 is 1.36 bits per heavy atom. The summed E-state index contributed by atoms with van der Waals surface area (Å²) in [6.07, 6.45) is 2.09. The molecule has 0 saturated heterocycles.